The smallest absolute Gasteiger partial charge is 0.121 e. The molecule has 5 nitrogen and oxygen atoms in total. The molecule has 0 radical (unpaired) electrons. The number of hydrogen-bond acceptors (Lipinski definition) is 4. The van der Waals surface area contributed by atoms with E-state index < -0.39 is 0 Å². The minimum absolute atomic E-state index is 0.770. The number of nitrogens with one attached hydrogen (secondary N) is 2. The van der Waals surface area contributed by atoms with Gasteiger partial charge < -0.3 is 16.0 Å². The van der Waals surface area contributed by atoms with Crippen LogP contribution in [0.15, 0.2) is 42.6 Å². The third kappa shape index (κ3) is 10.6. The Morgan fingerprint density at radius 2 is 1.74 bits per heavy atom. The number of aryl methyl sites for hydroxylation is 2. The molecular formula is C26H43N5. The zero-order valence-electron chi connectivity index (χ0n) is 20.1. The van der Waals surface area contributed by atoms with Crippen molar-refractivity contribution >= 4 is 11.0 Å². The van der Waals surface area contributed by atoms with Crippen molar-refractivity contribution in [2.75, 3.05) is 13.1 Å². The lowest BCUT2D eigenvalue weighted by Gasteiger charge is -2.12. The molecule has 0 bridgehead atoms. The van der Waals surface area contributed by atoms with Crippen molar-refractivity contribution in [2.24, 2.45) is 5.73 Å². The van der Waals surface area contributed by atoms with E-state index >= 15 is 0 Å². The zero-order valence-corrected chi connectivity index (χ0v) is 20.1. The lowest BCUT2D eigenvalue weighted by molar-refractivity contribution is 0.615. The molecule has 0 saturated heterocycles. The summed E-state index contributed by atoms with van der Waals surface area (Å²) in [5.41, 5.74) is 10.3. The minimum atomic E-state index is 0.770. The fraction of sp³-hybridized carbons (Fsp3) is 0.538. The van der Waals surface area contributed by atoms with Crippen LogP contribution in [0.1, 0.15) is 76.9 Å². The normalized spacial score (nSPS) is 11.8. The van der Waals surface area contributed by atoms with Gasteiger partial charge in [-0.1, -0.05) is 52.3 Å². The first kappa shape index (κ1) is 26.8. The molecule has 1 aliphatic rings. The Morgan fingerprint density at radius 3 is 2.45 bits per heavy atom. The minimum Gasteiger partial charge on any atom is -0.341 e. The number of H-pyrrole nitrogens is 1. The van der Waals surface area contributed by atoms with Gasteiger partial charge in [0.2, 0.25) is 0 Å². The topological polar surface area (TPSA) is 79.6 Å². The van der Waals surface area contributed by atoms with Crippen molar-refractivity contribution in [1.29, 1.82) is 0 Å². The number of rotatable bonds is 6. The highest BCUT2D eigenvalue weighted by Gasteiger charge is 2.07. The van der Waals surface area contributed by atoms with Crippen LogP contribution in [0.2, 0.25) is 0 Å². The number of nitrogens with zero attached hydrogens (tertiary/aromatic N) is 2. The van der Waals surface area contributed by atoms with E-state index in [0.717, 1.165) is 49.3 Å². The van der Waals surface area contributed by atoms with E-state index in [9.17, 15) is 0 Å². The highest BCUT2D eigenvalue weighted by atomic mass is 15.0. The first-order valence-corrected chi connectivity index (χ1v) is 12.1. The first-order chi connectivity index (χ1) is 15.3. The summed E-state index contributed by atoms with van der Waals surface area (Å²) in [6.07, 6.45) is 10.4. The van der Waals surface area contributed by atoms with Crippen molar-refractivity contribution in [2.45, 2.75) is 79.2 Å². The number of aromatic nitrogens is 3. The average molecular weight is 426 g/mol. The molecule has 0 unspecified atom stereocenters. The van der Waals surface area contributed by atoms with E-state index in [4.69, 9.17) is 5.73 Å². The third-order valence-electron chi connectivity index (χ3n) is 4.63. The fourth-order valence-corrected chi connectivity index (χ4v) is 3.22. The van der Waals surface area contributed by atoms with Gasteiger partial charge in [-0.25, -0.2) is 4.98 Å². The van der Waals surface area contributed by atoms with E-state index in [1.807, 2.05) is 50.4 Å². The van der Waals surface area contributed by atoms with Crippen LogP contribution < -0.4 is 11.1 Å². The lowest BCUT2D eigenvalue weighted by atomic mass is 9.96. The summed E-state index contributed by atoms with van der Waals surface area (Å²) in [6.45, 7) is 10.8. The summed E-state index contributed by atoms with van der Waals surface area (Å²) in [5.74, 6) is 0.994. The van der Waals surface area contributed by atoms with Gasteiger partial charge in [0, 0.05) is 11.9 Å². The van der Waals surface area contributed by atoms with Crippen molar-refractivity contribution in [3.05, 3.63) is 59.7 Å². The second kappa shape index (κ2) is 17.4. The van der Waals surface area contributed by atoms with Crippen LogP contribution in [0.5, 0.6) is 0 Å². The summed E-state index contributed by atoms with van der Waals surface area (Å²) in [6, 6.07) is 12.3. The number of pyridine rings is 1. The Bertz CT molecular complexity index is 754. The van der Waals surface area contributed by atoms with Crippen LogP contribution in [0.4, 0.5) is 0 Å². The van der Waals surface area contributed by atoms with Gasteiger partial charge in [0.05, 0.1) is 17.6 Å². The Kier molecular flexibility index (Phi) is 15.1. The zero-order chi connectivity index (χ0) is 22.7. The molecule has 1 aromatic carbocycles. The van der Waals surface area contributed by atoms with E-state index in [-0.39, 0.29) is 0 Å². The Hall–Kier alpha value is -2.24. The van der Waals surface area contributed by atoms with E-state index in [0.29, 0.717) is 0 Å². The number of nitrogens with two attached hydrogens (primary N) is 1. The van der Waals surface area contributed by atoms with E-state index in [1.165, 1.54) is 43.4 Å². The number of para-hydroxylation sites is 2. The monoisotopic (exact) mass is 425 g/mol. The Morgan fingerprint density at radius 1 is 1.00 bits per heavy atom. The predicted octanol–water partition coefficient (Wildman–Crippen LogP) is 5.79. The number of hydrogen-bond donors (Lipinski definition) is 3. The van der Waals surface area contributed by atoms with Crippen LogP contribution >= 0.6 is 0 Å². The second-order valence-electron chi connectivity index (χ2n) is 7.40. The van der Waals surface area contributed by atoms with Gasteiger partial charge in [-0.2, -0.15) is 0 Å². The van der Waals surface area contributed by atoms with Gasteiger partial charge in [-0.15, -0.1) is 0 Å². The maximum Gasteiger partial charge on any atom is 0.121 e. The van der Waals surface area contributed by atoms with Crippen LogP contribution in [-0.2, 0) is 19.4 Å². The molecule has 2 heterocycles. The number of aromatic amines is 1. The average Bonchev–Trinajstić information content (AvgIpc) is 3.24. The molecule has 0 atom stereocenters. The van der Waals surface area contributed by atoms with Gasteiger partial charge in [0.25, 0.3) is 0 Å². The number of benzene rings is 1. The third-order valence-corrected chi connectivity index (χ3v) is 4.63. The van der Waals surface area contributed by atoms with Crippen LogP contribution in [0, 0.1) is 0 Å². The largest absolute Gasteiger partial charge is 0.341 e. The quantitative estimate of drug-likeness (QED) is 0.436. The molecule has 0 saturated carbocycles. The number of fused-ring (bicyclic) bond motifs is 2. The molecule has 4 rings (SSSR count). The summed E-state index contributed by atoms with van der Waals surface area (Å²) >= 11 is 0. The highest BCUT2D eigenvalue weighted by molar-refractivity contribution is 5.74. The van der Waals surface area contributed by atoms with E-state index in [2.05, 4.69) is 40.2 Å². The highest BCUT2D eigenvalue weighted by Crippen LogP contribution is 2.17. The van der Waals surface area contributed by atoms with Gasteiger partial charge in [0.15, 0.2) is 0 Å². The summed E-state index contributed by atoms with van der Waals surface area (Å²) < 4.78 is 0. The Balaban J connectivity index is 0.000000273. The van der Waals surface area contributed by atoms with Crippen molar-refractivity contribution in [3.8, 4) is 0 Å². The van der Waals surface area contributed by atoms with Crippen molar-refractivity contribution < 1.29 is 0 Å². The molecule has 1 aliphatic carbocycles. The van der Waals surface area contributed by atoms with Gasteiger partial charge in [0.1, 0.15) is 5.82 Å². The standard InChI is InChI=1S/C12H18N4.C9H11N.C3H8.C2H6/c13-7-3-4-8-14-9-12-15-10-5-1-2-6-11(10)16-12;1-2-6-9-8(4-1)5-3-7-10-9;1-3-2;1-2/h1-2,5-6,14H,3-4,7-9,13H2,(H,15,16);3,5,7H,1-2,4,6H2;3H2,1-2H3;1-2H3. The molecule has 172 valence electrons. The maximum absolute atomic E-state index is 5.43. The second-order valence-corrected chi connectivity index (χ2v) is 7.40. The number of unbranched alkanes of at least 4 members (excludes halogenated alkanes) is 1. The summed E-state index contributed by atoms with van der Waals surface area (Å²) in [7, 11) is 0. The summed E-state index contributed by atoms with van der Waals surface area (Å²) in [4.78, 5) is 12.1. The van der Waals surface area contributed by atoms with Crippen LogP contribution in [0.3, 0.4) is 0 Å². The molecule has 3 aromatic rings. The fourth-order valence-electron chi connectivity index (χ4n) is 3.22. The number of imidazole rings is 1. The van der Waals surface area contributed by atoms with Gasteiger partial charge in [-0.05, 0) is 75.4 Å². The molecular weight excluding hydrogens is 382 g/mol. The molecule has 31 heavy (non-hydrogen) atoms. The molecule has 0 fully saturated rings. The van der Waals surface area contributed by atoms with Crippen LogP contribution in [0.25, 0.3) is 11.0 Å². The van der Waals surface area contributed by atoms with Gasteiger partial charge >= 0.3 is 0 Å². The molecule has 5 heteroatoms. The maximum atomic E-state index is 5.43. The summed E-state index contributed by atoms with van der Waals surface area (Å²) in [5, 5.41) is 3.35. The molecule has 2 aromatic heterocycles. The molecule has 4 N–H and O–H groups in total. The van der Waals surface area contributed by atoms with Crippen molar-refractivity contribution in [1.82, 2.24) is 20.3 Å². The van der Waals surface area contributed by atoms with E-state index in [1.54, 1.807) is 0 Å². The lowest BCUT2D eigenvalue weighted by Crippen LogP contribution is -2.16. The van der Waals surface area contributed by atoms with Crippen molar-refractivity contribution in [3.63, 3.8) is 0 Å². The van der Waals surface area contributed by atoms with Crippen LogP contribution in [-0.4, -0.2) is 28.0 Å². The molecule has 0 aliphatic heterocycles. The predicted molar refractivity (Wildman–Crippen MR) is 134 cm³/mol. The first-order valence-electron chi connectivity index (χ1n) is 12.1. The Labute approximate surface area is 189 Å². The molecule has 0 amide bonds. The van der Waals surface area contributed by atoms with Gasteiger partial charge in [-0.3, -0.25) is 4.98 Å². The molecule has 0 spiro atoms. The SMILES string of the molecule is CC.CCC.NCCCCNCc1nc2ccccc2[nH]1.c1cnc2c(c1)CCCC2.